The average molecular weight is 204 g/mol. The van der Waals surface area contributed by atoms with Crippen LogP contribution in [0.5, 0.6) is 0 Å². The quantitative estimate of drug-likeness (QED) is 0.548. The van der Waals surface area contributed by atoms with E-state index < -0.39 is 0 Å². The van der Waals surface area contributed by atoms with Gasteiger partial charge in [0.05, 0.1) is 0 Å². The molecule has 0 saturated heterocycles. The molecule has 2 rings (SSSR count). The first-order valence-corrected chi connectivity index (χ1v) is 6.44. The maximum absolute atomic E-state index is 2.54. The van der Waals surface area contributed by atoms with Crippen LogP contribution in [0.2, 0.25) is 0 Å². The van der Waals surface area contributed by atoms with Gasteiger partial charge in [-0.25, -0.2) is 0 Å². The summed E-state index contributed by atoms with van der Waals surface area (Å²) in [5.74, 6) is 3.41. The summed E-state index contributed by atoms with van der Waals surface area (Å²) in [7, 11) is 0. The summed E-state index contributed by atoms with van der Waals surface area (Å²) in [5, 5.41) is 0. The van der Waals surface area contributed by atoms with Gasteiger partial charge in [-0.3, -0.25) is 0 Å². The molecule has 0 bridgehead atoms. The first-order valence-electron chi connectivity index (χ1n) is 6.44. The summed E-state index contributed by atoms with van der Waals surface area (Å²) < 4.78 is 0. The van der Waals surface area contributed by atoms with Gasteiger partial charge < -0.3 is 0 Å². The van der Waals surface area contributed by atoms with Crippen molar-refractivity contribution in [3.63, 3.8) is 0 Å². The molecule has 4 atom stereocenters. The summed E-state index contributed by atoms with van der Waals surface area (Å²) in [6, 6.07) is 0. The van der Waals surface area contributed by atoms with Crippen molar-refractivity contribution in [3.05, 3.63) is 23.3 Å². The molecule has 0 N–H and O–H groups in total. The highest BCUT2D eigenvalue weighted by Gasteiger charge is 2.36. The van der Waals surface area contributed by atoms with Gasteiger partial charge in [-0.2, -0.15) is 0 Å². The predicted molar refractivity (Wildman–Crippen MR) is 66.7 cm³/mol. The molecule has 0 heteroatoms. The maximum atomic E-state index is 2.54. The Hall–Kier alpha value is -0.520. The molecule has 0 aromatic rings. The third kappa shape index (κ3) is 2.04. The molecule has 0 amide bonds. The lowest BCUT2D eigenvalue weighted by Crippen LogP contribution is -2.25. The van der Waals surface area contributed by atoms with Crippen molar-refractivity contribution in [2.24, 2.45) is 23.7 Å². The Morgan fingerprint density at radius 1 is 1.20 bits per heavy atom. The van der Waals surface area contributed by atoms with Crippen molar-refractivity contribution in [3.8, 4) is 0 Å². The van der Waals surface area contributed by atoms with E-state index in [9.17, 15) is 0 Å². The zero-order chi connectivity index (χ0) is 11.0. The average Bonchev–Trinajstić information content (AvgIpc) is 2.52. The van der Waals surface area contributed by atoms with Gasteiger partial charge in [0.2, 0.25) is 0 Å². The molecule has 0 aliphatic heterocycles. The Morgan fingerprint density at radius 3 is 2.60 bits per heavy atom. The fourth-order valence-electron chi connectivity index (χ4n) is 3.37. The highest BCUT2D eigenvalue weighted by Crippen LogP contribution is 2.47. The third-order valence-electron chi connectivity index (χ3n) is 4.28. The summed E-state index contributed by atoms with van der Waals surface area (Å²) in [6.07, 6.45) is 9.21. The van der Waals surface area contributed by atoms with E-state index in [1.807, 2.05) is 0 Å². The second-order valence-electron chi connectivity index (χ2n) is 5.85. The van der Waals surface area contributed by atoms with Crippen molar-refractivity contribution in [1.82, 2.24) is 0 Å². The van der Waals surface area contributed by atoms with Crippen LogP contribution >= 0.6 is 0 Å². The van der Waals surface area contributed by atoms with Crippen LogP contribution in [0.4, 0.5) is 0 Å². The van der Waals surface area contributed by atoms with Crippen LogP contribution < -0.4 is 0 Å². The Morgan fingerprint density at radius 2 is 1.93 bits per heavy atom. The number of hydrogen-bond donors (Lipinski definition) is 0. The molecule has 2 aliphatic carbocycles. The second-order valence-corrected chi connectivity index (χ2v) is 5.85. The van der Waals surface area contributed by atoms with E-state index in [1.54, 1.807) is 5.57 Å². The molecule has 0 spiro atoms. The van der Waals surface area contributed by atoms with Gasteiger partial charge in [-0.15, -0.1) is 0 Å². The number of hydrogen-bond acceptors (Lipinski definition) is 0. The molecule has 1 fully saturated rings. The Bertz CT molecular complexity index is 291. The topological polar surface area (TPSA) is 0 Å². The van der Waals surface area contributed by atoms with Gasteiger partial charge in [0.25, 0.3) is 0 Å². The summed E-state index contributed by atoms with van der Waals surface area (Å²) in [6.45, 7) is 9.30. The van der Waals surface area contributed by atoms with E-state index >= 15 is 0 Å². The fraction of sp³-hybridized carbons (Fsp3) is 0.733. The van der Waals surface area contributed by atoms with E-state index in [2.05, 4.69) is 39.8 Å². The van der Waals surface area contributed by atoms with Gasteiger partial charge in [0, 0.05) is 5.92 Å². The highest BCUT2D eigenvalue weighted by molar-refractivity contribution is 5.26. The maximum Gasteiger partial charge on any atom is 0.000773 e. The zero-order valence-corrected chi connectivity index (χ0v) is 10.6. The Balaban J connectivity index is 2.23. The monoisotopic (exact) mass is 204 g/mol. The van der Waals surface area contributed by atoms with Crippen molar-refractivity contribution in [2.75, 3.05) is 0 Å². The Labute approximate surface area is 94.5 Å². The second kappa shape index (κ2) is 4.15. The lowest BCUT2D eigenvalue weighted by Gasteiger charge is -2.35. The molecule has 0 radical (unpaired) electrons. The molecule has 15 heavy (non-hydrogen) atoms. The van der Waals surface area contributed by atoms with Gasteiger partial charge in [0.1, 0.15) is 0 Å². The molecule has 0 nitrogen and oxygen atoms in total. The van der Waals surface area contributed by atoms with Gasteiger partial charge in [-0.05, 0) is 50.9 Å². The van der Waals surface area contributed by atoms with E-state index in [1.165, 1.54) is 24.8 Å². The molecule has 1 saturated carbocycles. The lowest BCUT2D eigenvalue weighted by molar-refractivity contribution is 0.277. The molecule has 0 aromatic carbocycles. The minimum absolute atomic E-state index is 0.749. The minimum atomic E-state index is 0.749. The summed E-state index contributed by atoms with van der Waals surface area (Å²) >= 11 is 0. The molecule has 0 aromatic heterocycles. The van der Waals surface area contributed by atoms with Crippen LogP contribution in [0.15, 0.2) is 23.3 Å². The van der Waals surface area contributed by atoms with Crippen LogP contribution in [0, 0.1) is 23.7 Å². The van der Waals surface area contributed by atoms with Crippen LogP contribution in [0.3, 0.4) is 0 Å². The molecule has 2 aliphatic rings. The van der Waals surface area contributed by atoms with Gasteiger partial charge in [-0.1, -0.05) is 37.1 Å². The smallest absolute Gasteiger partial charge is 0.000773 e. The number of rotatable bonds is 1. The van der Waals surface area contributed by atoms with E-state index in [0.29, 0.717) is 0 Å². The van der Waals surface area contributed by atoms with Crippen molar-refractivity contribution < 1.29 is 0 Å². The van der Waals surface area contributed by atoms with E-state index in [0.717, 1.165) is 23.7 Å². The van der Waals surface area contributed by atoms with Gasteiger partial charge in [0.15, 0.2) is 0 Å². The van der Waals surface area contributed by atoms with Crippen LogP contribution in [0.25, 0.3) is 0 Å². The highest BCUT2D eigenvalue weighted by atomic mass is 14.4. The molecule has 4 unspecified atom stereocenters. The third-order valence-corrected chi connectivity index (χ3v) is 4.28. The molecular formula is C15H24. The van der Waals surface area contributed by atoms with Crippen LogP contribution in [-0.2, 0) is 0 Å². The fourth-order valence-corrected chi connectivity index (χ4v) is 3.37. The van der Waals surface area contributed by atoms with Crippen molar-refractivity contribution in [1.29, 1.82) is 0 Å². The molecule has 0 heterocycles. The first kappa shape index (κ1) is 11.0. The minimum Gasteiger partial charge on any atom is -0.0841 e. The van der Waals surface area contributed by atoms with E-state index in [-0.39, 0.29) is 0 Å². The van der Waals surface area contributed by atoms with Crippen molar-refractivity contribution >= 4 is 0 Å². The lowest BCUT2D eigenvalue weighted by atomic mass is 9.70. The molecular weight excluding hydrogens is 180 g/mol. The number of fused-ring (bicyclic) bond motifs is 1. The van der Waals surface area contributed by atoms with E-state index in [4.69, 9.17) is 0 Å². The van der Waals surface area contributed by atoms with Crippen LogP contribution in [-0.4, -0.2) is 0 Å². The van der Waals surface area contributed by atoms with Gasteiger partial charge >= 0.3 is 0 Å². The predicted octanol–water partition coefficient (Wildman–Crippen LogP) is 4.58. The van der Waals surface area contributed by atoms with Crippen LogP contribution in [0.1, 0.15) is 47.0 Å². The molecule has 84 valence electrons. The summed E-state index contributed by atoms with van der Waals surface area (Å²) in [4.78, 5) is 0. The largest absolute Gasteiger partial charge is 0.0841 e. The Kier molecular flexibility index (Phi) is 3.04. The SMILES string of the molecule is CC(C)=CC1C2=CCC(C)C2CCC1C. The normalized spacial score (nSPS) is 39.6. The van der Waals surface area contributed by atoms with Crippen molar-refractivity contribution in [2.45, 2.75) is 47.0 Å². The summed E-state index contributed by atoms with van der Waals surface area (Å²) in [5.41, 5.74) is 3.25. The first-order chi connectivity index (χ1) is 7.09. The zero-order valence-electron chi connectivity index (χ0n) is 10.6. The standard InChI is InChI=1S/C15H24/c1-10(2)9-15-12(4)5-7-13-11(3)6-8-14(13)15/h8-9,11-13,15H,5-7H2,1-4H3. The number of allylic oxidation sites excluding steroid dienone is 4.